The number of carbonyl (C=O) groups is 1. The average Bonchev–Trinajstić information content (AvgIpc) is 3.07. The molecule has 3 nitrogen and oxygen atoms in total. The van der Waals surface area contributed by atoms with Crippen LogP contribution >= 0.6 is 11.3 Å². The van der Waals surface area contributed by atoms with Crippen LogP contribution in [0.5, 0.6) is 0 Å². The lowest BCUT2D eigenvalue weighted by Gasteiger charge is -2.17. The minimum atomic E-state index is 0.0842. The lowest BCUT2D eigenvalue weighted by molar-refractivity contribution is 0.0785. The van der Waals surface area contributed by atoms with Gasteiger partial charge in [-0.15, -0.1) is 0 Å². The third-order valence-electron chi connectivity index (χ3n) is 3.43. The summed E-state index contributed by atoms with van der Waals surface area (Å²) in [5.74, 6) is 0.0842. The molecule has 0 aliphatic carbocycles. The zero-order chi connectivity index (χ0) is 13.2. The molecule has 1 N–H and O–H groups in total. The number of nitrogens with zero attached hydrogens (tertiary/aromatic N) is 1. The molecule has 1 aliphatic heterocycles. The number of nitrogens with one attached hydrogen (secondary N) is 1. The molecule has 19 heavy (non-hydrogen) atoms. The van der Waals surface area contributed by atoms with E-state index < -0.39 is 0 Å². The highest BCUT2D eigenvalue weighted by atomic mass is 32.1. The highest BCUT2D eigenvalue weighted by Gasteiger charge is 2.16. The Morgan fingerprint density at radius 1 is 1.32 bits per heavy atom. The van der Waals surface area contributed by atoms with Gasteiger partial charge in [-0.05, 0) is 45.6 Å². The highest BCUT2D eigenvalue weighted by molar-refractivity contribution is 7.07. The van der Waals surface area contributed by atoms with Crippen LogP contribution in [-0.2, 0) is 19.6 Å². The molecule has 98 valence electrons. The summed E-state index contributed by atoms with van der Waals surface area (Å²) < 4.78 is 0. The minimum absolute atomic E-state index is 0.0842. The van der Waals surface area contributed by atoms with Crippen LogP contribution in [0, 0.1) is 0 Å². The van der Waals surface area contributed by atoms with Gasteiger partial charge in [-0.25, -0.2) is 0 Å². The summed E-state index contributed by atoms with van der Waals surface area (Å²) in [6.07, 6.45) is 0. The summed E-state index contributed by atoms with van der Waals surface area (Å²) in [5.41, 5.74) is 4.51. The summed E-state index contributed by atoms with van der Waals surface area (Å²) >= 11 is 1.66. The molecule has 4 heteroatoms. The molecule has 1 aromatic heterocycles. The van der Waals surface area contributed by atoms with E-state index in [0.717, 1.165) is 18.7 Å². The number of rotatable bonds is 3. The van der Waals surface area contributed by atoms with Gasteiger partial charge in [0.1, 0.15) is 0 Å². The fraction of sp³-hybridized carbons (Fsp3) is 0.267. The standard InChI is InChI=1S/C15H16N2OS/c1-17(9-11-4-5-19-10-11)15(18)12-2-3-13-7-16-8-14(13)6-12/h2-6,10,16H,7-9H2,1H3. The Morgan fingerprint density at radius 3 is 2.95 bits per heavy atom. The molecular formula is C15H16N2OS. The smallest absolute Gasteiger partial charge is 0.253 e. The van der Waals surface area contributed by atoms with E-state index in [2.05, 4.69) is 22.8 Å². The van der Waals surface area contributed by atoms with E-state index in [-0.39, 0.29) is 5.91 Å². The van der Waals surface area contributed by atoms with E-state index in [1.165, 1.54) is 16.7 Å². The van der Waals surface area contributed by atoms with Gasteiger partial charge in [0.2, 0.25) is 0 Å². The Morgan fingerprint density at radius 2 is 2.16 bits per heavy atom. The summed E-state index contributed by atoms with van der Waals surface area (Å²) in [7, 11) is 1.85. The second-order valence-electron chi connectivity index (χ2n) is 4.88. The quantitative estimate of drug-likeness (QED) is 0.931. The Labute approximate surface area is 116 Å². The molecule has 2 heterocycles. The number of hydrogen-bond acceptors (Lipinski definition) is 3. The van der Waals surface area contributed by atoms with Crippen molar-refractivity contribution in [1.29, 1.82) is 0 Å². The van der Waals surface area contributed by atoms with Gasteiger partial charge in [0.25, 0.3) is 5.91 Å². The highest BCUT2D eigenvalue weighted by Crippen LogP contribution is 2.18. The Kier molecular flexibility index (Phi) is 3.36. The molecule has 0 saturated carbocycles. The Bertz CT molecular complexity index is 592. The van der Waals surface area contributed by atoms with Gasteiger partial charge < -0.3 is 10.2 Å². The molecule has 0 unspecified atom stereocenters. The summed E-state index contributed by atoms with van der Waals surface area (Å²) in [6, 6.07) is 8.06. The van der Waals surface area contributed by atoms with Crippen LogP contribution in [0.4, 0.5) is 0 Å². The normalized spacial score (nSPS) is 13.3. The van der Waals surface area contributed by atoms with Crippen molar-refractivity contribution in [3.8, 4) is 0 Å². The number of fused-ring (bicyclic) bond motifs is 1. The van der Waals surface area contributed by atoms with E-state index in [4.69, 9.17) is 0 Å². The summed E-state index contributed by atoms with van der Waals surface area (Å²) in [6.45, 7) is 2.44. The molecule has 0 atom stereocenters. The predicted molar refractivity (Wildman–Crippen MR) is 77.1 cm³/mol. The van der Waals surface area contributed by atoms with E-state index in [9.17, 15) is 4.79 Å². The van der Waals surface area contributed by atoms with Crippen molar-refractivity contribution in [2.75, 3.05) is 7.05 Å². The van der Waals surface area contributed by atoms with Crippen LogP contribution in [0.15, 0.2) is 35.0 Å². The summed E-state index contributed by atoms with van der Waals surface area (Å²) in [5, 5.41) is 7.41. The second kappa shape index (κ2) is 5.15. The number of hydrogen-bond donors (Lipinski definition) is 1. The van der Waals surface area contributed by atoms with E-state index in [1.54, 1.807) is 16.2 Å². The molecule has 1 aliphatic rings. The first kappa shape index (κ1) is 12.4. The zero-order valence-corrected chi connectivity index (χ0v) is 11.7. The molecule has 1 aromatic carbocycles. The number of benzene rings is 1. The molecule has 1 amide bonds. The van der Waals surface area contributed by atoms with Crippen molar-refractivity contribution in [2.24, 2.45) is 0 Å². The van der Waals surface area contributed by atoms with Crippen LogP contribution in [0.2, 0.25) is 0 Å². The van der Waals surface area contributed by atoms with Crippen molar-refractivity contribution in [2.45, 2.75) is 19.6 Å². The molecule has 0 spiro atoms. The van der Waals surface area contributed by atoms with E-state index in [1.807, 2.05) is 24.6 Å². The van der Waals surface area contributed by atoms with Crippen LogP contribution in [0.25, 0.3) is 0 Å². The van der Waals surface area contributed by atoms with Crippen molar-refractivity contribution < 1.29 is 4.79 Å². The molecule has 3 rings (SSSR count). The maximum absolute atomic E-state index is 12.4. The first-order valence-corrected chi connectivity index (χ1v) is 7.27. The molecule has 0 bridgehead atoms. The van der Waals surface area contributed by atoms with Gasteiger partial charge in [-0.1, -0.05) is 6.07 Å². The zero-order valence-electron chi connectivity index (χ0n) is 10.8. The van der Waals surface area contributed by atoms with Gasteiger partial charge in [0, 0.05) is 32.2 Å². The van der Waals surface area contributed by atoms with Crippen LogP contribution in [0.1, 0.15) is 27.0 Å². The maximum Gasteiger partial charge on any atom is 0.253 e. The third-order valence-corrected chi connectivity index (χ3v) is 4.16. The topological polar surface area (TPSA) is 32.3 Å². The van der Waals surface area contributed by atoms with Gasteiger partial charge in [-0.2, -0.15) is 11.3 Å². The van der Waals surface area contributed by atoms with Gasteiger partial charge in [0.15, 0.2) is 0 Å². The van der Waals surface area contributed by atoms with Crippen molar-refractivity contribution in [1.82, 2.24) is 10.2 Å². The predicted octanol–water partition coefficient (Wildman–Crippen LogP) is 2.62. The molecular weight excluding hydrogens is 256 g/mol. The van der Waals surface area contributed by atoms with E-state index >= 15 is 0 Å². The number of thiophene rings is 1. The van der Waals surface area contributed by atoms with Crippen LogP contribution in [0.3, 0.4) is 0 Å². The van der Waals surface area contributed by atoms with Gasteiger partial charge >= 0.3 is 0 Å². The molecule has 0 saturated heterocycles. The summed E-state index contributed by atoms with van der Waals surface area (Å²) in [4.78, 5) is 14.1. The Hall–Kier alpha value is -1.65. The molecule has 0 fully saturated rings. The van der Waals surface area contributed by atoms with Crippen LogP contribution < -0.4 is 5.32 Å². The fourth-order valence-corrected chi connectivity index (χ4v) is 3.04. The monoisotopic (exact) mass is 272 g/mol. The fourth-order valence-electron chi connectivity index (χ4n) is 2.38. The number of amides is 1. The first-order valence-electron chi connectivity index (χ1n) is 6.33. The van der Waals surface area contributed by atoms with E-state index in [0.29, 0.717) is 6.54 Å². The minimum Gasteiger partial charge on any atom is -0.337 e. The molecule has 2 aromatic rings. The van der Waals surface area contributed by atoms with Crippen LogP contribution in [-0.4, -0.2) is 17.9 Å². The maximum atomic E-state index is 12.4. The average molecular weight is 272 g/mol. The molecule has 0 radical (unpaired) electrons. The largest absolute Gasteiger partial charge is 0.337 e. The third kappa shape index (κ3) is 2.55. The van der Waals surface area contributed by atoms with Gasteiger partial charge in [-0.3, -0.25) is 4.79 Å². The first-order chi connectivity index (χ1) is 9.24. The lowest BCUT2D eigenvalue weighted by Crippen LogP contribution is -2.26. The van der Waals surface area contributed by atoms with Gasteiger partial charge in [0.05, 0.1) is 0 Å². The lowest BCUT2D eigenvalue weighted by atomic mass is 10.1. The van der Waals surface area contributed by atoms with Crippen molar-refractivity contribution in [3.63, 3.8) is 0 Å². The van der Waals surface area contributed by atoms with Crippen molar-refractivity contribution in [3.05, 3.63) is 57.3 Å². The number of carbonyl (C=O) groups excluding carboxylic acids is 1. The second-order valence-corrected chi connectivity index (χ2v) is 5.66. The SMILES string of the molecule is CN(Cc1ccsc1)C(=O)c1ccc2c(c1)CNC2. The van der Waals surface area contributed by atoms with Crippen molar-refractivity contribution >= 4 is 17.2 Å². The Balaban J connectivity index is 1.76.